The number of alkyl halides is 3. The van der Waals surface area contributed by atoms with Crippen molar-refractivity contribution in [3.8, 4) is 0 Å². The van der Waals surface area contributed by atoms with E-state index in [9.17, 15) is 22.8 Å². The fourth-order valence-electron chi connectivity index (χ4n) is 2.71. The van der Waals surface area contributed by atoms with Crippen LogP contribution in [0.25, 0.3) is 0 Å². The zero-order chi connectivity index (χ0) is 17.3. The van der Waals surface area contributed by atoms with Crippen molar-refractivity contribution in [2.75, 3.05) is 11.9 Å². The summed E-state index contributed by atoms with van der Waals surface area (Å²) in [7, 11) is 0. The molecule has 130 valence electrons. The topological polar surface area (TPSA) is 105 Å². The number of hydrogen-bond donors (Lipinski definition) is 3. The van der Waals surface area contributed by atoms with Gasteiger partial charge in [-0.1, -0.05) is 0 Å². The molecule has 1 aromatic rings. The lowest BCUT2D eigenvalue weighted by molar-refractivity contribution is -0.115. The van der Waals surface area contributed by atoms with E-state index in [0.29, 0.717) is 12.8 Å². The predicted molar refractivity (Wildman–Crippen MR) is 74.3 cm³/mol. The third-order valence-corrected chi connectivity index (χ3v) is 3.76. The van der Waals surface area contributed by atoms with Crippen molar-refractivity contribution < 1.29 is 27.5 Å². The first-order chi connectivity index (χ1) is 11.3. The lowest BCUT2D eigenvalue weighted by Crippen LogP contribution is -2.44. The van der Waals surface area contributed by atoms with Gasteiger partial charge in [0.1, 0.15) is 24.2 Å². The molecule has 0 aromatic carbocycles. The first-order valence-electron chi connectivity index (χ1n) is 7.21. The number of nitrogens with one attached hydrogen (secondary N) is 3. The third kappa shape index (κ3) is 3.84. The highest BCUT2D eigenvalue weighted by molar-refractivity contribution is 5.92. The number of rotatable bonds is 4. The molecule has 2 bridgehead atoms. The minimum Gasteiger partial charge on any atom is -0.444 e. The average molecular weight is 345 g/mol. The van der Waals surface area contributed by atoms with Crippen molar-refractivity contribution in [2.45, 2.75) is 37.2 Å². The van der Waals surface area contributed by atoms with Crippen molar-refractivity contribution in [3.05, 3.63) is 18.1 Å². The van der Waals surface area contributed by atoms with E-state index in [1.54, 1.807) is 0 Å². The van der Waals surface area contributed by atoms with Crippen LogP contribution in [-0.4, -0.2) is 52.9 Å². The number of halogens is 3. The molecule has 2 fully saturated rings. The molecular formula is C13H14F3N5O3. The highest BCUT2D eigenvalue weighted by Crippen LogP contribution is 2.27. The first kappa shape index (κ1) is 16.3. The number of anilines is 1. The fraction of sp³-hybridized carbons (Fsp3) is 0.538. The highest BCUT2D eigenvalue weighted by Gasteiger charge is 2.42. The van der Waals surface area contributed by atoms with Crippen LogP contribution in [0.5, 0.6) is 0 Å². The maximum atomic E-state index is 12.1. The van der Waals surface area contributed by atoms with Crippen LogP contribution in [0.3, 0.4) is 0 Å². The molecule has 1 aromatic heterocycles. The molecular weight excluding hydrogens is 331 g/mol. The van der Waals surface area contributed by atoms with Gasteiger partial charge in [0.05, 0.1) is 18.4 Å². The molecule has 0 radical (unpaired) electrons. The molecule has 1 aliphatic carbocycles. The zero-order valence-electron chi connectivity index (χ0n) is 12.3. The minimum absolute atomic E-state index is 0.0340. The number of aromatic nitrogens is 2. The Morgan fingerprint density at radius 1 is 1.33 bits per heavy atom. The van der Waals surface area contributed by atoms with Gasteiger partial charge in [-0.25, -0.2) is 14.8 Å². The van der Waals surface area contributed by atoms with Gasteiger partial charge in [-0.05, 0) is 6.42 Å². The van der Waals surface area contributed by atoms with Crippen LogP contribution in [0.2, 0.25) is 0 Å². The Bertz CT molecular complexity index is 637. The smallest absolute Gasteiger partial charge is 0.407 e. The van der Waals surface area contributed by atoms with E-state index in [1.807, 2.05) is 0 Å². The molecule has 2 amide bonds. The quantitative estimate of drug-likeness (QED) is 0.746. The minimum atomic E-state index is -4.37. The maximum absolute atomic E-state index is 12.1. The molecule has 1 saturated carbocycles. The van der Waals surface area contributed by atoms with Crippen LogP contribution in [0.15, 0.2) is 12.4 Å². The number of alkyl carbamates (subject to hydrolysis) is 1. The fourth-order valence-corrected chi connectivity index (χ4v) is 2.71. The van der Waals surface area contributed by atoms with Gasteiger partial charge in [-0.2, -0.15) is 13.2 Å². The molecule has 24 heavy (non-hydrogen) atoms. The Kier molecular flexibility index (Phi) is 4.16. The SMILES string of the molecule is O=C1N[C@@H]2C[C@@H](NC(=O)c3cnc(NCC(F)(F)F)cn3)[C@@H](C2)O1. The van der Waals surface area contributed by atoms with Crippen LogP contribution >= 0.6 is 0 Å². The van der Waals surface area contributed by atoms with E-state index in [4.69, 9.17) is 4.74 Å². The lowest BCUT2D eigenvalue weighted by Gasteiger charge is -2.22. The second-order valence-corrected chi connectivity index (χ2v) is 5.59. The lowest BCUT2D eigenvalue weighted by atomic mass is 10.2. The van der Waals surface area contributed by atoms with Crippen molar-refractivity contribution in [3.63, 3.8) is 0 Å². The number of hydrogen-bond acceptors (Lipinski definition) is 6. The van der Waals surface area contributed by atoms with E-state index >= 15 is 0 Å². The Morgan fingerprint density at radius 2 is 2.12 bits per heavy atom. The van der Waals surface area contributed by atoms with Gasteiger partial charge < -0.3 is 20.7 Å². The van der Waals surface area contributed by atoms with Crippen LogP contribution in [-0.2, 0) is 4.74 Å². The van der Waals surface area contributed by atoms with Gasteiger partial charge in [-0.15, -0.1) is 0 Å². The number of fused-ring (bicyclic) bond motifs is 2. The molecule has 2 heterocycles. The molecule has 1 aliphatic heterocycles. The van der Waals surface area contributed by atoms with Gasteiger partial charge in [0.2, 0.25) is 0 Å². The van der Waals surface area contributed by atoms with Gasteiger partial charge in [0.25, 0.3) is 5.91 Å². The van der Waals surface area contributed by atoms with Crippen LogP contribution in [0.1, 0.15) is 23.3 Å². The van der Waals surface area contributed by atoms with E-state index in [1.165, 1.54) is 0 Å². The Labute approximate surface area is 134 Å². The molecule has 0 spiro atoms. The molecule has 3 rings (SSSR count). The normalized spacial score (nSPS) is 25.6. The van der Waals surface area contributed by atoms with Gasteiger partial charge in [0, 0.05) is 12.5 Å². The average Bonchev–Trinajstić information content (AvgIpc) is 2.79. The number of carbonyl (C=O) groups excluding carboxylic acids is 2. The van der Waals surface area contributed by atoms with Crippen LogP contribution in [0, 0.1) is 0 Å². The van der Waals surface area contributed by atoms with Gasteiger partial charge >= 0.3 is 12.3 Å². The van der Waals surface area contributed by atoms with Gasteiger partial charge in [0.15, 0.2) is 0 Å². The summed E-state index contributed by atoms with van der Waals surface area (Å²) < 4.78 is 41.4. The summed E-state index contributed by atoms with van der Waals surface area (Å²) in [5, 5.41) is 7.41. The molecule has 8 nitrogen and oxygen atoms in total. The summed E-state index contributed by atoms with van der Waals surface area (Å²) >= 11 is 0. The van der Waals surface area contributed by atoms with Crippen LogP contribution < -0.4 is 16.0 Å². The summed E-state index contributed by atoms with van der Waals surface area (Å²) in [6.07, 6.45) is -1.98. The van der Waals surface area contributed by atoms with E-state index in [-0.39, 0.29) is 23.6 Å². The standard InChI is InChI=1S/C13H14F3N5O3/c14-13(15,16)5-19-10-4-17-8(3-18-10)11(22)21-7-1-6-2-9(7)24-12(23)20-6/h3-4,6-7,9H,1-2,5H2,(H,18,19)(H,20,23)(H,21,22)/t6-,7-,9-/m1/s1. The maximum Gasteiger partial charge on any atom is 0.407 e. The number of ether oxygens (including phenoxy) is 1. The summed E-state index contributed by atoms with van der Waals surface area (Å²) in [5.41, 5.74) is -0.0340. The second kappa shape index (κ2) is 6.13. The second-order valence-electron chi connectivity index (χ2n) is 5.59. The summed E-state index contributed by atoms with van der Waals surface area (Å²) in [6, 6.07) is -0.382. The summed E-state index contributed by atoms with van der Waals surface area (Å²) in [5.74, 6) is -0.614. The Hall–Kier alpha value is -2.59. The summed E-state index contributed by atoms with van der Waals surface area (Å²) in [4.78, 5) is 30.9. The Balaban J connectivity index is 1.57. The van der Waals surface area contributed by atoms with E-state index in [2.05, 4.69) is 25.9 Å². The highest BCUT2D eigenvalue weighted by atomic mass is 19.4. The van der Waals surface area contributed by atoms with Crippen molar-refractivity contribution in [1.29, 1.82) is 0 Å². The van der Waals surface area contributed by atoms with Crippen LogP contribution in [0.4, 0.5) is 23.8 Å². The molecule has 3 N–H and O–H groups in total. The molecule has 0 unspecified atom stereocenters. The predicted octanol–water partition coefficient (Wildman–Crippen LogP) is 0.820. The van der Waals surface area contributed by atoms with Crippen molar-refractivity contribution in [2.24, 2.45) is 0 Å². The van der Waals surface area contributed by atoms with E-state index < -0.39 is 30.8 Å². The third-order valence-electron chi connectivity index (χ3n) is 3.76. The number of nitrogens with zero attached hydrogens (tertiary/aromatic N) is 2. The van der Waals surface area contributed by atoms with Crippen molar-refractivity contribution in [1.82, 2.24) is 20.6 Å². The largest absolute Gasteiger partial charge is 0.444 e. The number of amides is 2. The molecule has 11 heteroatoms. The monoisotopic (exact) mass is 345 g/mol. The molecule has 1 saturated heterocycles. The first-order valence-corrected chi connectivity index (χ1v) is 7.21. The number of carbonyl (C=O) groups is 2. The molecule has 3 atom stereocenters. The zero-order valence-corrected chi connectivity index (χ0v) is 12.3. The Morgan fingerprint density at radius 3 is 2.79 bits per heavy atom. The van der Waals surface area contributed by atoms with Gasteiger partial charge in [-0.3, -0.25) is 4.79 Å². The van der Waals surface area contributed by atoms with E-state index in [0.717, 1.165) is 12.4 Å². The summed E-state index contributed by atoms with van der Waals surface area (Å²) in [6.45, 7) is -1.24. The van der Waals surface area contributed by atoms with Crippen molar-refractivity contribution >= 4 is 17.8 Å². The molecule has 2 aliphatic rings.